The van der Waals surface area contributed by atoms with Gasteiger partial charge in [0, 0.05) is 18.9 Å². The van der Waals surface area contributed by atoms with E-state index in [4.69, 9.17) is 0 Å². The van der Waals surface area contributed by atoms with Crippen molar-refractivity contribution >= 4 is 5.91 Å². The van der Waals surface area contributed by atoms with Crippen LogP contribution in [0.4, 0.5) is 0 Å². The number of nitrogens with zero attached hydrogens (tertiary/aromatic N) is 3. The molecular weight excluding hydrogens is 336 g/mol. The minimum atomic E-state index is -0.151. The molecule has 0 saturated carbocycles. The molecule has 0 radical (unpaired) electrons. The van der Waals surface area contributed by atoms with Crippen LogP contribution >= 0.6 is 0 Å². The largest absolute Gasteiger partial charge is 0.348 e. The van der Waals surface area contributed by atoms with Crippen LogP contribution in [0.3, 0.4) is 0 Å². The van der Waals surface area contributed by atoms with Gasteiger partial charge in [0.1, 0.15) is 5.56 Å². The molecule has 4 aromatic rings. The predicted molar refractivity (Wildman–Crippen MR) is 105 cm³/mol. The summed E-state index contributed by atoms with van der Waals surface area (Å²) in [4.78, 5) is 12.9. The molecule has 0 bridgehead atoms. The highest BCUT2D eigenvalue weighted by molar-refractivity contribution is 5.97. The molecule has 0 aliphatic heterocycles. The number of carbonyl (C=O) groups excluding carboxylic acids is 1. The molecule has 0 unspecified atom stereocenters. The molecule has 2 heterocycles. The maximum Gasteiger partial charge on any atom is 0.256 e. The molecule has 0 fully saturated rings. The molecule has 1 amide bonds. The third kappa shape index (κ3) is 3.53. The second-order valence-electron chi connectivity index (χ2n) is 6.39. The maximum atomic E-state index is 12.9. The Balaban J connectivity index is 1.69. The van der Waals surface area contributed by atoms with Gasteiger partial charge in [-0.25, -0.2) is 4.68 Å². The minimum Gasteiger partial charge on any atom is -0.348 e. The minimum absolute atomic E-state index is 0.151. The van der Waals surface area contributed by atoms with Crippen LogP contribution in [0.25, 0.3) is 11.5 Å². The average Bonchev–Trinajstić information content (AvgIpc) is 3.36. The predicted octanol–water partition coefficient (Wildman–Crippen LogP) is 3.90. The first-order valence-corrected chi connectivity index (χ1v) is 8.83. The molecule has 0 spiro atoms. The monoisotopic (exact) mass is 356 g/mol. The highest BCUT2D eigenvalue weighted by atomic mass is 16.1. The molecule has 1 N–H and O–H groups in total. The highest BCUT2D eigenvalue weighted by Crippen LogP contribution is 2.20. The van der Waals surface area contributed by atoms with Crippen LogP contribution < -0.4 is 5.32 Å². The molecule has 0 aliphatic carbocycles. The van der Waals surface area contributed by atoms with Gasteiger partial charge >= 0.3 is 0 Å². The normalized spacial score (nSPS) is 10.7. The number of nitrogens with one attached hydrogen (secondary N) is 1. The summed E-state index contributed by atoms with van der Waals surface area (Å²) in [7, 11) is 0. The molecule has 4 rings (SSSR count). The number of amides is 1. The fraction of sp³-hybridized carbons (Fsp3) is 0.0909. The fourth-order valence-corrected chi connectivity index (χ4v) is 3.05. The first kappa shape index (κ1) is 16.8. The first-order valence-electron chi connectivity index (χ1n) is 8.83. The van der Waals surface area contributed by atoms with Gasteiger partial charge in [-0.2, -0.15) is 5.10 Å². The van der Waals surface area contributed by atoms with Crippen molar-refractivity contribution in [3.63, 3.8) is 0 Å². The number of hydrogen-bond acceptors (Lipinski definition) is 2. The van der Waals surface area contributed by atoms with Crippen molar-refractivity contribution in [1.29, 1.82) is 0 Å². The van der Waals surface area contributed by atoms with E-state index in [-0.39, 0.29) is 5.91 Å². The van der Waals surface area contributed by atoms with Crippen molar-refractivity contribution in [2.45, 2.75) is 13.5 Å². The Hall–Kier alpha value is -3.60. The second kappa shape index (κ2) is 7.33. The van der Waals surface area contributed by atoms with Gasteiger partial charge in [0.25, 0.3) is 5.91 Å². The Labute approximate surface area is 157 Å². The van der Waals surface area contributed by atoms with Gasteiger partial charge < -0.3 is 9.88 Å². The van der Waals surface area contributed by atoms with Gasteiger partial charge in [0.05, 0.1) is 11.9 Å². The second-order valence-corrected chi connectivity index (χ2v) is 6.39. The summed E-state index contributed by atoms with van der Waals surface area (Å²) in [5.41, 5.74) is 3.64. The van der Waals surface area contributed by atoms with Crippen LogP contribution in [0.5, 0.6) is 0 Å². The standard InChI is InChI=1S/C22H20N4O/c1-17-8-7-11-19(14-17)26-22(25-12-5-6-13-25)20(16-24-26)21(27)23-15-18-9-3-2-4-10-18/h2-14,16H,15H2,1H3,(H,23,27). The quantitative estimate of drug-likeness (QED) is 0.590. The van der Waals surface area contributed by atoms with E-state index in [0.29, 0.717) is 12.1 Å². The van der Waals surface area contributed by atoms with Crippen molar-refractivity contribution in [2.24, 2.45) is 0 Å². The van der Waals surface area contributed by atoms with E-state index >= 15 is 0 Å². The van der Waals surface area contributed by atoms with Crippen molar-refractivity contribution in [1.82, 2.24) is 19.7 Å². The maximum absolute atomic E-state index is 12.9. The van der Waals surface area contributed by atoms with Gasteiger partial charge in [0.15, 0.2) is 5.82 Å². The lowest BCUT2D eigenvalue weighted by Gasteiger charge is -2.12. The summed E-state index contributed by atoms with van der Waals surface area (Å²) in [5, 5.41) is 7.48. The van der Waals surface area contributed by atoms with Gasteiger partial charge in [-0.15, -0.1) is 0 Å². The van der Waals surface area contributed by atoms with Crippen LogP contribution in [-0.2, 0) is 6.54 Å². The van der Waals surface area contributed by atoms with Crippen molar-refractivity contribution in [3.05, 3.63) is 102 Å². The van der Waals surface area contributed by atoms with Gasteiger partial charge in [-0.3, -0.25) is 4.79 Å². The van der Waals surface area contributed by atoms with E-state index in [2.05, 4.69) is 10.4 Å². The molecule has 0 aliphatic rings. The molecule has 27 heavy (non-hydrogen) atoms. The van der Waals surface area contributed by atoms with E-state index in [9.17, 15) is 4.79 Å². The molecule has 0 saturated heterocycles. The third-order valence-electron chi connectivity index (χ3n) is 4.38. The fourth-order valence-electron chi connectivity index (χ4n) is 3.05. The van der Waals surface area contributed by atoms with Gasteiger partial charge in [-0.1, -0.05) is 42.5 Å². The SMILES string of the molecule is Cc1cccc(-n2ncc(C(=O)NCc3ccccc3)c2-n2cccc2)c1. The molecular formula is C22H20N4O. The van der Waals surface area contributed by atoms with E-state index in [1.165, 1.54) is 0 Å². The topological polar surface area (TPSA) is 51.9 Å². The lowest BCUT2D eigenvalue weighted by Crippen LogP contribution is -2.24. The Bertz CT molecular complexity index is 1050. The molecule has 134 valence electrons. The zero-order valence-electron chi connectivity index (χ0n) is 15.0. The van der Waals surface area contributed by atoms with E-state index in [1.807, 2.05) is 90.6 Å². The Kier molecular flexibility index (Phi) is 4.58. The molecule has 5 nitrogen and oxygen atoms in total. The Morgan fingerprint density at radius 3 is 2.52 bits per heavy atom. The van der Waals surface area contributed by atoms with Crippen LogP contribution in [0.1, 0.15) is 21.5 Å². The van der Waals surface area contributed by atoms with Crippen molar-refractivity contribution < 1.29 is 4.79 Å². The number of carbonyl (C=O) groups is 1. The summed E-state index contributed by atoms with van der Waals surface area (Å²) in [6.45, 7) is 2.51. The average molecular weight is 356 g/mol. The molecule has 2 aromatic carbocycles. The van der Waals surface area contributed by atoms with Crippen LogP contribution in [0.15, 0.2) is 85.3 Å². The van der Waals surface area contributed by atoms with Crippen molar-refractivity contribution in [2.75, 3.05) is 0 Å². The van der Waals surface area contributed by atoms with Crippen molar-refractivity contribution in [3.8, 4) is 11.5 Å². The Morgan fingerprint density at radius 1 is 1.00 bits per heavy atom. The number of aryl methyl sites for hydroxylation is 1. The number of hydrogen-bond donors (Lipinski definition) is 1. The summed E-state index contributed by atoms with van der Waals surface area (Å²) < 4.78 is 3.71. The lowest BCUT2D eigenvalue weighted by atomic mass is 10.2. The number of rotatable bonds is 5. The summed E-state index contributed by atoms with van der Waals surface area (Å²) >= 11 is 0. The summed E-state index contributed by atoms with van der Waals surface area (Å²) in [6.07, 6.45) is 5.45. The zero-order chi connectivity index (χ0) is 18.6. The van der Waals surface area contributed by atoms with Gasteiger partial charge in [0.2, 0.25) is 0 Å². The first-order chi connectivity index (χ1) is 13.2. The summed E-state index contributed by atoms with van der Waals surface area (Å²) in [6, 6.07) is 21.8. The molecule has 2 aromatic heterocycles. The highest BCUT2D eigenvalue weighted by Gasteiger charge is 2.19. The van der Waals surface area contributed by atoms with Crippen LogP contribution in [-0.4, -0.2) is 20.3 Å². The third-order valence-corrected chi connectivity index (χ3v) is 4.38. The van der Waals surface area contributed by atoms with E-state index < -0.39 is 0 Å². The van der Waals surface area contributed by atoms with E-state index in [0.717, 1.165) is 22.6 Å². The van der Waals surface area contributed by atoms with Crippen LogP contribution in [0.2, 0.25) is 0 Å². The number of aromatic nitrogens is 3. The Morgan fingerprint density at radius 2 is 1.78 bits per heavy atom. The lowest BCUT2D eigenvalue weighted by molar-refractivity contribution is 0.0951. The number of benzene rings is 2. The molecule has 0 atom stereocenters. The van der Waals surface area contributed by atoms with Gasteiger partial charge in [-0.05, 0) is 42.3 Å². The van der Waals surface area contributed by atoms with E-state index in [1.54, 1.807) is 10.9 Å². The van der Waals surface area contributed by atoms with Crippen LogP contribution in [0, 0.1) is 6.92 Å². The smallest absolute Gasteiger partial charge is 0.256 e. The zero-order valence-corrected chi connectivity index (χ0v) is 15.0. The summed E-state index contributed by atoms with van der Waals surface area (Å²) in [5.74, 6) is 0.567. The molecule has 5 heteroatoms.